The second kappa shape index (κ2) is 5.83. The number of anilines is 5. The van der Waals surface area contributed by atoms with E-state index in [-0.39, 0.29) is 5.95 Å². The van der Waals surface area contributed by atoms with Crippen molar-refractivity contribution in [2.75, 3.05) is 16.4 Å². The minimum atomic E-state index is 0.174. The second-order valence-electron chi connectivity index (χ2n) is 4.21. The Bertz CT molecular complexity index is 656. The Morgan fingerprint density at radius 2 is 1.62 bits per heavy atom. The van der Waals surface area contributed by atoms with Gasteiger partial charge in [-0.05, 0) is 18.2 Å². The van der Waals surface area contributed by atoms with Crippen molar-refractivity contribution in [3.63, 3.8) is 0 Å². The first-order valence-corrected chi connectivity index (χ1v) is 6.29. The normalized spacial score (nSPS) is 10.1. The minimum Gasteiger partial charge on any atom is -0.368 e. The third-order valence-electron chi connectivity index (χ3n) is 2.63. The van der Waals surface area contributed by atoms with Gasteiger partial charge in [0.2, 0.25) is 5.95 Å². The first-order chi connectivity index (χ1) is 10.3. The van der Waals surface area contributed by atoms with Crippen molar-refractivity contribution in [1.82, 2.24) is 19.9 Å². The van der Waals surface area contributed by atoms with E-state index in [0.717, 1.165) is 5.69 Å². The fourth-order valence-corrected chi connectivity index (χ4v) is 1.76. The van der Waals surface area contributed by atoms with Gasteiger partial charge in [0.05, 0.1) is 0 Å². The summed E-state index contributed by atoms with van der Waals surface area (Å²) in [6.07, 6.45) is 3.10. The van der Waals surface area contributed by atoms with E-state index >= 15 is 0 Å². The lowest BCUT2D eigenvalue weighted by Gasteiger charge is -2.09. The monoisotopic (exact) mass is 279 g/mol. The molecule has 0 aliphatic heterocycles. The number of aromatic nitrogens is 4. The number of hydrogen-bond donors (Lipinski definition) is 3. The highest BCUT2D eigenvalue weighted by Gasteiger charge is 2.04. The SMILES string of the molecule is Nc1nc(Nc2ccccc2)cc(Nc2ccncn2)n1. The summed E-state index contributed by atoms with van der Waals surface area (Å²) >= 11 is 0. The van der Waals surface area contributed by atoms with Gasteiger partial charge in [-0.2, -0.15) is 9.97 Å². The van der Waals surface area contributed by atoms with Crippen LogP contribution in [0, 0.1) is 0 Å². The molecule has 0 aliphatic rings. The van der Waals surface area contributed by atoms with Crippen LogP contribution in [0.5, 0.6) is 0 Å². The molecule has 1 aromatic carbocycles. The van der Waals surface area contributed by atoms with E-state index in [9.17, 15) is 0 Å². The first kappa shape index (κ1) is 12.8. The quantitative estimate of drug-likeness (QED) is 0.673. The Kier molecular flexibility index (Phi) is 3.55. The molecule has 0 unspecified atom stereocenters. The molecule has 7 nitrogen and oxygen atoms in total. The Balaban J connectivity index is 1.83. The Morgan fingerprint density at radius 3 is 2.33 bits per heavy atom. The number of para-hydroxylation sites is 1. The van der Waals surface area contributed by atoms with Crippen LogP contribution >= 0.6 is 0 Å². The molecule has 0 spiro atoms. The molecule has 0 saturated carbocycles. The van der Waals surface area contributed by atoms with Crippen LogP contribution in [0.3, 0.4) is 0 Å². The van der Waals surface area contributed by atoms with E-state index in [4.69, 9.17) is 5.73 Å². The Morgan fingerprint density at radius 1 is 0.857 bits per heavy atom. The van der Waals surface area contributed by atoms with Crippen molar-refractivity contribution in [3.8, 4) is 0 Å². The van der Waals surface area contributed by atoms with E-state index in [1.807, 2.05) is 30.3 Å². The number of rotatable bonds is 4. The maximum Gasteiger partial charge on any atom is 0.223 e. The van der Waals surface area contributed by atoms with Crippen LogP contribution in [-0.2, 0) is 0 Å². The lowest BCUT2D eigenvalue weighted by atomic mass is 10.3. The summed E-state index contributed by atoms with van der Waals surface area (Å²) in [5.41, 5.74) is 6.65. The predicted molar refractivity (Wildman–Crippen MR) is 81.5 cm³/mol. The highest BCUT2D eigenvalue weighted by Crippen LogP contribution is 2.19. The average Bonchev–Trinajstić information content (AvgIpc) is 2.48. The Hall–Kier alpha value is -3.22. The van der Waals surface area contributed by atoms with Crippen LogP contribution in [0.4, 0.5) is 29.1 Å². The highest BCUT2D eigenvalue weighted by atomic mass is 15.1. The fraction of sp³-hybridized carbons (Fsp3) is 0. The number of nitrogens with one attached hydrogen (secondary N) is 2. The molecule has 4 N–H and O–H groups in total. The number of benzene rings is 1. The average molecular weight is 279 g/mol. The van der Waals surface area contributed by atoms with Crippen LogP contribution in [0.15, 0.2) is 55.0 Å². The molecule has 0 aliphatic carbocycles. The van der Waals surface area contributed by atoms with Gasteiger partial charge in [-0.25, -0.2) is 9.97 Å². The largest absolute Gasteiger partial charge is 0.368 e. The van der Waals surface area contributed by atoms with Crippen molar-refractivity contribution in [2.24, 2.45) is 0 Å². The maximum atomic E-state index is 5.73. The molecule has 0 radical (unpaired) electrons. The molecule has 104 valence electrons. The third kappa shape index (κ3) is 3.41. The summed E-state index contributed by atoms with van der Waals surface area (Å²) in [6, 6.07) is 13.2. The molecule has 21 heavy (non-hydrogen) atoms. The topological polar surface area (TPSA) is 102 Å². The molecule has 0 bridgehead atoms. The molecule has 0 atom stereocenters. The molecular formula is C14H13N7. The third-order valence-corrected chi connectivity index (χ3v) is 2.63. The zero-order chi connectivity index (χ0) is 14.5. The van der Waals surface area contributed by atoms with Crippen LogP contribution in [0.2, 0.25) is 0 Å². The summed E-state index contributed by atoms with van der Waals surface area (Å²) in [6.45, 7) is 0. The summed E-state index contributed by atoms with van der Waals surface area (Å²) in [7, 11) is 0. The molecule has 2 aromatic heterocycles. The van der Waals surface area contributed by atoms with Gasteiger partial charge in [0.15, 0.2) is 0 Å². The maximum absolute atomic E-state index is 5.73. The van der Waals surface area contributed by atoms with Gasteiger partial charge in [0, 0.05) is 18.0 Å². The summed E-state index contributed by atoms with van der Waals surface area (Å²) in [5.74, 6) is 1.96. The van der Waals surface area contributed by atoms with Gasteiger partial charge in [0.1, 0.15) is 23.8 Å². The van der Waals surface area contributed by atoms with Gasteiger partial charge in [-0.15, -0.1) is 0 Å². The van der Waals surface area contributed by atoms with Gasteiger partial charge < -0.3 is 16.4 Å². The van der Waals surface area contributed by atoms with Gasteiger partial charge in [0.25, 0.3) is 0 Å². The van der Waals surface area contributed by atoms with E-state index in [2.05, 4.69) is 30.6 Å². The smallest absolute Gasteiger partial charge is 0.223 e. The molecule has 0 amide bonds. The van der Waals surface area contributed by atoms with Crippen molar-refractivity contribution >= 4 is 29.1 Å². The van der Waals surface area contributed by atoms with Gasteiger partial charge in [-0.1, -0.05) is 18.2 Å². The van der Waals surface area contributed by atoms with Crippen LogP contribution in [0.1, 0.15) is 0 Å². The van der Waals surface area contributed by atoms with Gasteiger partial charge in [-0.3, -0.25) is 0 Å². The van der Waals surface area contributed by atoms with Crippen molar-refractivity contribution < 1.29 is 0 Å². The lowest BCUT2D eigenvalue weighted by molar-refractivity contribution is 1.14. The lowest BCUT2D eigenvalue weighted by Crippen LogP contribution is -2.04. The molecule has 3 rings (SSSR count). The molecule has 0 saturated heterocycles. The molecule has 2 heterocycles. The predicted octanol–water partition coefficient (Wildman–Crippen LogP) is 2.34. The first-order valence-electron chi connectivity index (χ1n) is 6.29. The second-order valence-corrected chi connectivity index (χ2v) is 4.21. The zero-order valence-corrected chi connectivity index (χ0v) is 11.1. The van der Waals surface area contributed by atoms with Crippen molar-refractivity contribution in [3.05, 3.63) is 55.0 Å². The number of nitrogens with zero attached hydrogens (tertiary/aromatic N) is 4. The summed E-state index contributed by atoms with van der Waals surface area (Å²) in [4.78, 5) is 16.2. The van der Waals surface area contributed by atoms with Crippen LogP contribution in [-0.4, -0.2) is 19.9 Å². The van der Waals surface area contributed by atoms with E-state index in [1.165, 1.54) is 6.33 Å². The van der Waals surface area contributed by atoms with Crippen LogP contribution < -0.4 is 16.4 Å². The fourth-order valence-electron chi connectivity index (χ4n) is 1.76. The zero-order valence-electron chi connectivity index (χ0n) is 11.1. The van der Waals surface area contributed by atoms with Gasteiger partial charge >= 0.3 is 0 Å². The van der Waals surface area contributed by atoms with E-state index in [0.29, 0.717) is 17.5 Å². The number of nitrogens with two attached hydrogens (primary N) is 1. The minimum absolute atomic E-state index is 0.174. The molecule has 7 heteroatoms. The van der Waals surface area contributed by atoms with E-state index in [1.54, 1.807) is 18.3 Å². The van der Waals surface area contributed by atoms with Crippen molar-refractivity contribution in [2.45, 2.75) is 0 Å². The highest BCUT2D eigenvalue weighted by molar-refractivity contribution is 5.63. The standard InChI is InChI=1S/C14H13N7/c15-14-20-12(18-10-4-2-1-3-5-10)8-13(21-14)19-11-6-7-16-9-17-11/h1-9H,(H4,15,16,17,18,19,20,21). The summed E-state index contributed by atoms with van der Waals surface area (Å²) < 4.78 is 0. The van der Waals surface area contributed by atoms with Crippen LogP contribution in [0.25, 0.3) is 0 Å². The number of hydrogen-bond acceptors (Lipinski definition) is 7. The number of nitrogen functional groups attached to an aromatic ring is 1. The Labute approximate surface area is 121 Å². The van der Waals surface area contributed by atoms with Crippen molar-refractivity contribution in [1.29, 1.82) is 0 Å². The molecule has 3 aromatic rings. The van der Waals surface area contributed by atoms with E-state index < -0.39 is 0 Å². The molecular weight excluding hydrogens is 266 g/mol. The summed E-state index contributed by atoms with van der Waals surface area (Å²) in [5, 5.41) is 6.22. The molecule has 0 fully saturated rings.